The fourth-order valence-corrected chi connectivity index (χ4v) is 2.92. The van der Waals surface area contributed by atoms with Gasteiger partial charge in [0.25, 0.3) is 0 Å². The molecule has 19 heavy (non-hydrogen) atoms. The van der Waals surface area contributed by atoms with E-state index < -0.39 is 0 Å². The van der Waals surface area contributed by atoms with Crippen molar-refractivity contribution in [2.24, 2.45) is 5.92 Å². The Labute approximate surface area is 116 Å². The lowest BCUT2D eigenvalue weighted by Gasteiger charge is -2.43. The summed E-state index contributed by atoms with van der Waals surface area (Å²) in [5.74, 6) is 0.582. The van der Waals surface area contributed by atoms with Gasteiger partial charge in [0.1, 0.15) is 0 Å². The number of hydrogen-bond donors (Lipinski definition) is 1. The Hall–Kier alpha value is -0.650. The molecule has 1 atom stereocenters. The third-order valence-electron chi connectivity index (χ3n) is 4.25. The van der Waals surface area contributed by atoms with Crippen LogP contribution in [-0.2, 0) is 9.53 Å². The van der Waals surface area contributed by atoms with Crippen molar-refractivity contribution < 1.29 is 9.53 Å². The van der Waals surface area contributed by atoms with Crippen LogP contribution in [0.15, 0.2) is 0 Å². The molecule has 0 saturated carbocycles. The summed E-state index contributed by atoms with van der Waals surface area (Å²) in [6, 6.07) is 0.505. The average molecular weight is 269 g/mol. The van der Waals surface area contributed by atoms with Gasteiger partial charge in [0.2, 0.25) is 5.91 Å². The number of ether oxygens (including phenoxy) is 1. The van der Waals surface area contributed by atoms with E-state index in [0.29, 0.717) is 11.9 Å². The van der Waals surface area contributed by atoms with Gasteiger partial charge in [-0.15, -0.1) is 0 Å². The zero-order chi connectivity index (χ0) is 13.7. The molecular formula is C14H27N3O2. The molecular weight excluding hydrogens is 242 g/mol. The minimum absolute atomic E-state index is 0.229. The van der Waals surface area contributed by atoms with E-state index in [0.717, 1.165) is 52.3 Å². The molecule has 5 nitrogen and oxygen atoms in total. The summed E-state index contributed by atoms with van der Waals surface area (Å²) in [6.07, 6.45) is 2.33. The number of rotatable bonds is 6. The van der Waals surface area contributed by atoms with Gasteiger partial charge in [-0.25, -0.2) is 0 Å². The third-order valence-corrected chi connectivity index (χ3v) is 4.25. The van der Waals surface area contributed by atoms with Crippen molar-refractivity contribution in [3.8, 4) is 0 Å². The maximum absolute atomic E-state index is 12.3. The minimum Gasteiger partial charge on any atom is -0.383 e. The van der Waals surface area contributed by atoms with E-state index in [2.05, 4.69) is 22.0 Å². The lowest BCUT2D eigenvalue weighted by molar-refractivity contribution is -0.140. The fraction of sp³-hybridized carbons (Fsp3) is 0.929. The predicted octanol–water partition coefficient (Wildman–Crippen LogP) is 0.165. The molecule has 2 rings (SSSR count). The van der Waals surface area contributed by atoms with Crippen molar-refractivity contribution in [3.63, 3.8) is 0 Å². The first-order valence-corrected chi connectivity index (χ1v) is 7.48. The Morgan fingerprint density at radius 3 is 2.74 bits per heavy atom. The number of hydrogen-bond acceptors (Lipinski definition) is 4. The molecule has 0 aliphatic carbocycles. The number of methoxy groups -OCH3 is 1. The summed E-state index contributed by atoms with van der Waals surface area (Å²) in [4.78, 5) is 16.9. The van der Waals surface area contributed by atoms with Crippen LogP contribution in [0.4, 0.5) is 0 Å². The van der Waals surface area contributed by atoms with Gasteiger partial charge in [0, 0.05) is 52.4 Å². The molecule has 0 aromatic carbocycles. The van der Waals surface area contributed by atoms with Gasteiger partial charge in [-0.1, -0.05) is 13.3 Å². The zero-order valence-corrected chi connectivity index (χ0v) is 12.2. The van der Waals surface area contributed by atoms with Crippen LogP contribution < -0.4 is 5.32 Å². The van der Waals surface area contributed by atoms with Crippen LogP contribution >= 0.6 is 0 Å². The SMILES string of the molecule is CCCC1CN(C(=O)C2CNC2)CCN1CCOC. The van der Waals surface area contributed by atoms with E-state index in [-0.39, 0.29) is 5.92 Å². The van der Waals surface area contributed by atoms with Gasteiger partial charge in [0.05, 0.1) is 12.5 Å². The van der Waals surface area contributed by atoms with Gasteiger partial charge in [-0.2, -0.15) is 0 Å². The largest absolute Gasteiger partial charge is 0.383 e. The number of amides is 1. The van der Waals surface area contributed by atoms with Crippen molar-refractivity contribution >= 4 is 5.91 Å². The molecule has 0 bridgehead atoms. The van der Waals surface area contributed by atoms with E-state index in [9.17, 15) is 4.79 Å². The summed E-state index contributed by atoms with van der Waals surface area (Å²) in [5, 5.41) is 3.18. The molecule has 2 heterocycles. The fourth-order valence-electron chi connectivity index (χ4n) is 2.92. The molecule has 0 spiro atoms. The summed E-state index contributed by atoms with van der Waals surface area (Å²) in [7, 11) is 1.75. The second-order valence-electron chi connectivity index (χ2n) is 5.61. The predicted molar refractivity (Wildman–Crippen MR) is 75.1 cm³/mol. The van der Waals surface area contributed by atoms with Gasteiger partial charge in [0.15, 0.2) is 0 Å². The van der Waals surface area contributed by atoms with E-state index in [4.69, 9.17) is 4.74 Å². The summed E-state index contributed by atoms with van der Waals surface area (Å²) >= 11 is 0. The van der Waals surface area contributed by atoms with E-state index in [1.165, 1.54) is 6.42 Å². The Morgan fingerprint density at radius 2 is 2.16 bits per heavy atom. The zero-order valence-electron chi connectivity index (χ0n) is 12.2. The quantitative estimate of drug-likeness (QED) is 0.746. The van der Waals surface area contributed by atoms with Crippen LogP contribution in [-0.4, -0.2) is 74.7 Å². The van der Waals surface area contributed by atoms with Crippen LogP contribution in [0.1, 0.15) is 19.8 Å². The Kier molecular flexibility index (Phi) is 5.60. The van der Waals surface area contributed by atoms with Crippen molar-refractivity contribution in [2.45, 2.75) is 25.8 Å². The number of carbonyl (C=O) groups is 1. The van der Waals surface area contributed by atoms with Crippen LogP contribution in [0.3, 0.4) is 0 Å². The standard InChI is InChI=1S/C14H27N3O2/c1-3-4-13-11-17(14(18)12-9-15-10-12)6-5-16(13)7-8-19-2/h12-13,15H,3-11H2,1-2H3. The minimum atomic E-state index is 0.229. The van der Waals surface area contributed by atoms with Crippen LogP contribution in [0, 0.1) is 5.92 Å². The van der Waals surface area contributed by atoms with Crippen LogP contribution in [0.25, 0.3) is 0 Å². The molecule has 2 aliphatic rings. The van der Waals surface area contributed by atoms with Gasteiger partial charge >= 0.3 is 0 Å². The molecule has 0 aromatic rings. The molecule has 2 aliphatic heterocycles. The highest BCUT2D eigenvalue weighted by molar-refractivity contribution is 5.80. The van der Waals surface area contributed by atoms with Gasteiger partial charge in [-0.05, 0) is 6.42 Å². The Balaban J connectivity index is 1.87. The topological polar surface area (TPSA) is 44.8 Å². The third kappa shape index (κ3) is 3.68. The first-order valence-electron chi connectivity index (χ1n) is 7.48. The number of nitrogens with one attached hydrogen (secondary N) is 1. The van der Waals surface area contributed by atoms with Crippen molar-refractivity contribution in [1.82, 2.24) is 15.1 Å². The molecule has 2 fully saturated rings. The molecule has 110 valence electrons. The lowest BCUT2D eigenvalue weighted by atomic mass is 9.99. The highest BCUT2D eigenvalue weighted by Gasteiger charge is 2.34. The molecule has 1 N–H and O–H groups in total. The van der Waals surface area contributed by atoms with E-state index >= 15 is 0 Å². The second-order valence-corrected chi connectivity index (χ2v) is 5.61. The summed E-state index contributed by atoms with van der Waals surface area (Å²) in [6.45, 7) is 8.45. The highest BCUT2D eigenvalue weighted by Crippen LogP contribution is 2.17. The molecule has 0 aromatic heterocycles. The van der Waals surface area contributed by atoms with Gasteiger partial charge in [-0.3, -0.25) is 9.69 Å². The van der Waals surface area contributed by atoms with Crippen LogP contribution in [0.2, 0.25) is 0 Å². The van der Waals surface area contributed by atoms with Gasteiger partial charge < -0.3 is 15.0 Å². The molecule has 2 saturated heterocycles. The number of piperazine rings is 1. The highest BCUT2D eigenvalue weighted by atomic mass is 16.5. The van der Waals surface area contributed by atoms with E-state index in [1.54, 1.807) is 7.11 Å². The van der Waals surface area contributed by atoms with Crippen molar-refractivity contribution in [2.75, 3.05) is 53.0 Å². The van der Waals surface area contributed by atoms with E-state index in [1.807, 2.05) is 0 Å². The smallest absolute Gasteiger partial charge is 0.228 e. The Bertz CT molecular complexity index is 294. The van der Waals surface area contributed by atoms with Crippen molar-refractivity contribution in [1.29, 1.82) is 0 Å². The summed E-state index contributed by atoms with van der Waals surface area (Å²) in [5.41, 5.74) is 0. The maximum atomic E-state index is 12.3. The average Bonchev–Trinajstić information content (AvgIpc) is 2.35. The maximum Gasteiger partial charge on any atom is 0.228 e. The monoisotopic (exact) mass is 269 g/mol. The molecule has 1 unspecified atom stereocenters. The first kappa shape index (κ1) is 14.8. The lowest BCUT2D eigenvalue weighted by Crippen LogP contribution is -2.59. The molecule has 5 heteroatoms. The summed E-state index contributed by atoms with van der Waals surface area (Å²) < 4.78 is 5.18. The van der Waals surface area contributed by atoms with Crippen molar-refractivity contribution in [3.05, 3.63) is 0 Å². The van der Waals surface area contributed by atoms with Crippen LogP contribution in [0.5, 0.6) is 0 Å². The number of carbonyl (C=O) groups excluding carboxylic acids is 1. The number of nitrogens with zero attached hydrogens (tertiary/aromatic N) is 2. The Morgan fingerprint density at radius 1 is 1.37 bits per heavy atom. The normalized spacial score (nSPS) is 25.4. The first-order chi connectivity index (χ1) is 9.26. The molecule has 0 radical (unpaired) electrons. The molecule has 1 amide bonds. The second kappa shape index (κ2) is 7.22.